The fourth-order valence-electron chi connectivity index (χ4n) is 3.67. The van der Waals surface area contributed by atoms with Crippen molar-refractivity contribution in [1.82, 2.24) is 9.55 Å². The van der Waals surface area contributed by atoms with Crippen LogP contribution >= 0.6 is 0 Å². The van der Waals surface area contributed by atoms with Crippen LogP contribution in [-0.2, 0) is 7.05 Å². The molecule has 4 rings (SSSR count). The molecule has 0 N–H and O–H groups in total. The van der Waals surface area contributed by atoms with E-state index in [1.807, 2.05) is 7.05 Å². The van der Waals surface area contributed by atoms with Crippen LogP contribution in [0.15, 0.2) is 42.5 Å². The molecule has 154 valence electrons. The van der Waals surface area contributed by atoms with Gasteiger partial charge in [0.05, 0.1) is 11.0 Å². The number of aromatic nitrogens is 2. The number of piperidine rings is 1. The van der Waals surface area contributed by atoms with Crippen LogP contribution in [-0.4, -0.2) is 35.1 Å². The SMILES string of the molecule is Cc1ccc2c(c1)nc(N1CCC(Oc3ccc(OC(F)(F)F)cc3)CC1)n2C. The number of anilines is 1. The van der Waals surface area contributed by atoms with E-state index in [-0.39, 0.29) is 11.9 Å². The molecular formula is C21H22F3N3O2. The summed E-state index contributed by atoms with van der Waals surface area (Å²) in [7, 11) is 2.02. The largest absolute Gasteiger partial charge is 0.573 e. The van der Waals surface area contributed by atoms with Crippen molar-refractivity contribution in [3.63, 3.8) is 0 Å². The number of rotatable bonds is 4. The first-order valence-corrected chi connectivity index (χ1v) is 9.49. The molecular weight excluding hydrogens is 383 g/mol. The molecule has 0 unspecified atom stereocenters. The molecule has 0 bridgehead atoms. The van der Waals surface area contributed by atoms with Crippen molar-refractivity contribution >= 4 is 17.0 Å². The first kappa shape index (κ1) is 19.4. The lowest BCUT2D eigenvalue weighted by Gasteiger charge is -2.32. The van der Waals surface area contributed by atoms with Gasteiger partial charge in [0.1, 0.15) is 17.6 Å². The summed E-state index contributed by atoms with van der Waals surface area (Å²) in [6, 6.07) is 11.8. The average molecular weight is 405 g/mol. The molecule has 3 aromatic rings. The number of benzene rings is 2. The van der Waals surface area contributed by atoms with E-state index < -0.39 is 6.36 Å². The zero-order valence-electron chi connectivity index (χ0n) is 16.2. The van der Waals surface area contributed by atoms with Crippen LogP contribution in [0.5, 0.6) is 11.5 Å². The topological polar surface area (TPSA) is 39.5 Å². The summed E-state index contributed by atoms with van der Waals surface area (Å²) in [6.07, 6.45) is -3.06. The van der Waals surface area contributed by atoms with E-state index in [0.29, 0.717) is 5.75 Å². The van der Waals surface area contributed by atoms with Crippen LogP contribution in [0.1, 0.15) is 18.4 Å². The molecule has 29 heavy (non-hydrogen) atoms. The summed E-state index contributed by atoms with van der Waals surface area (Å²) < 4.78 is 48.7. The summed E-state index contributed by atoms with van der Waals surface area (Å²) >= 11 is 0. The molecule has 0 saturated carbocycles. The van der Waals surface area contributed by atoms with Crippen LogP contribution < -0.4 is 14.4 Å². The molecule has 1 aliphatic heterocycles. The fraction of sp³-hybridized carbons (Fsp3) is 0.381. The Bertz CT molecular complexity index is 991. The highest BCUT2D eigenvalue weighted by atomic mass is 19.4. The molecule has 2 aromatic carbocycles. The fourth-order valence-corrected chi connectivity index (χ4v) is 3.67. The van der Waals surface area contributed by atoms with E-state index in [0.717, 1.165) is 42.9 Å². The summed E-state index contributed by atoms with van der Waals surface area (Å²) in [5, 5.41) is 0. The molecule has 0 atom stereocenters. The number of halogens is 3. The number of aryl methyl sites for hydroxylation is 2. The van der Waals surface area contributed by atoms with Gasteiger partial charge in [-0.1, -0.05) is 6.07 Å². The minimum absolute atomic E-state index is 0.0116. The molecule has 5 nitrogen and oxygen atoms in total. The first-order chi connectivity index (χ1) is 13.8. The predicted octanol–water partition coefficient (Wildman–Crippen LogP) is 4.83. The summed E-state index contributed by atoms with van der Waals surface area (Å²) in [4.78, 5) is 7.03. The molecule has 2 heterocycles. The molecule has 0 aliphatic carbocycles. The molecule has 1 aliphatic rings. The van der Waals surface area contributed by atoms with Gasteiger partial charge in [-0.25, -0.2) is 4.98 Å². The third-order valence-corrected chi connectivity index (χ3v) is 5.10. The van der Waals surface area contributed by atoms with Gasteiger partial charge in [0, 0.05) is 33.0 Å². The van der Waals surface area contributed by atoms with E-state index in [4.69, 9.17) is 9.72 Å². The minimum Gasteiger partial charge on any atom is -0.490 e. The van der Waals surface area contributed by atoms with Crippen LogP contribution in [0.3, 0.4) is 0 Å². The number of alkyl halides is 3. The van der Waals surface area contributed by atoms with Gasteiger partial charge in [-0.05, 0) is 48.9 Å². The second-order valence-corrected chi connectivity index (χ2v) is 7.29. The lowest BCUT2D eigenvalue weighted by Crippen LogP contribution is -2.39. The maximum atomic E-state index is 12.2. The maximum absolute atomic E-state index is 12.2. The molecule has 0 radical (unpaired) electrons. The molecule has 8 heteroatoms. The average Bonchev–Trinajstić information content (AvgIpc) is 2.99. The van der Waals surface area contributed by atoms with Gasteiger partial charge in [-0.15, -0.1) is 13.2 Å². The Hall–Kier alpha value is -2.90. The summed E-state index contributed by atoms with van der Waals surface area (Å²) in [5.41, 5.74) is 3.27. The van der Waals surface area contributed by atoms with Gasteiger partial charge < -0.3 is 18.9 Å². The molecule has 1 saturated heterocycles. The zero-order valence-corrected chi connectivity index (χ0v) is 16.2. The number of hydrogen-bond donors (Lipinski definition) is 0. The van der Waals surface area contributed by atoms with E-state index in [2.05, 4.69) is 39.3 Å². The number of fused-ring (bicyclic) bond motifs is 1. The Kier molecular flexibility index (Phi) is 5.02. The van der Waals surface area contributed by atoms with Crippen molar-refractivity contribution in [2.24, 2.45) is 7.05 Å². The van der Waals surface area contributed by atoms with E-state index >= 15 is 0 Å². The smallest absolute Gasteiger partial charge is 0.490 e. The highest BCUT2D eigenvalue weighted by Gasteiger charge is 2.31. The third kappa shape index (κ3) is 4.41. The standard InChI is InChI=1S/C21H22F3N3O2/c1-14-3-8-19-18(13-14)25-20(26(19)2)27-11-9-16(10-12-27)28-15-4-6-17(7-5-15)29-21(22,23)24/h3-8,13,16H,9-12H2,1-2H3. The normalized spacial score (nSPS) is 15.7. The Morgan fingerprint density at radius 1 is 1.00 bits per heavy atom. The van der Waals surface area contributed by atoms with Gasteiger partial charge in [0.15, 0.2) is 0 Å². The maximum Gasteiger partial charge on any atom is 0.573 e. The van der Waals surface area contributed by atoms with Crippen molar-refractivity contribution in [3.8, 4) is 11.5 Å². The number of ether oxygens (including phenoxy) is 2. The second-order valence-electron chi connectivity index (χ2n) is 7.29. The van der Waals surface area contributed by atoms with Crippen molar-refractivity contribution in [2.45, 2.75) is 32.2 Å². The molecule has 0 spiro atoms. The van der Waals surface area contributed by atoms with Crippen LogP contribution in [0, 0.1) is 6.92 Å². The van der Waals surface area contributed by atoms with Gasteiger partial charge in [-0.2, -0.15) is 0 Å². The third-order valence-electron chi connectivity index (χ3n) is 5.10. The van der Waals surface area contributed by atoms with Gasteiger partial charge in [0.25, 0.3) is 0 Å². The Balaban J connectivity index is 1.37. The van der Waals surface area contributed by atoms with Gasteiger partial charge in [-0.3, -0.25) is 0 Å². The number of imidazole rings is 1. The Morgan fingerprint density at radius 3 is 2.31 bits per heavy atom. The quantitative estimate of drug-likeness (QED) is 0.624. The highest BCUT2D eigenvalue weighted by molar-refractivity contribution is 5.79. The van der Waals surface area contributed by atoms with Crippen molar-refractivity contribution in [3.05, 3.63) is 48.0 Å². The zero-order chi connectivity index (χ0) is 20.6. The molecule has 0 amide bonds. The minimum atomic E-state index is -4.69. The molecule has 1 fully saturated rings. The lowest BCUT2D eigenvalue weighted by molar-refractivity contribution is -0.274. The van der Waals surface area contributed by atoms with Gasteiger partial charge >= 0.3 is 6.36 Å². The second kappa shape index (κ2) is 7.50. The number of hydrogen-bond acceptors (Lipinski definition) is 4. The monoisotopic (exact) mass is 405 g/mol. The van der Waals surface area contributed by atoms with Crippen molar-refractivity contribution in [2.75, 3.05) is 18.0 Å². The first-order valence-electron chi connectivity index (χ1n) is 9.49. The van der Waals surface area contributed by atoms with Crippen LogP contribution in [0.2, 0.25) is 0 Å². The van der Waals surface area contributed by atoms with Crippen molar-refractivity contribution < 1.29 is 22.6 Å². The van der Waals surface area contributed by atoms with E-state index in [1.165, 1.54) is 29.8 Å². The van der Waals surface area contributed by atoms with Crippen LogP contribution in [0.4, 0.5) is 19.1 Å². The van der Waals surface area contributed by atoms with Crippen molar-refractivity contribution in [1.29, 1.82) is 0 Å². The van der Waals surface area contributed by atoms with E-state index in [9.17, 15) is 13.2 Å². The predicted molar refractivity (Wildman–Crippen MR) is 104 cm³/mol. The highest BCUT2D eigenvalue weighted by Crippen LogP contribution is 2.28. The van der Waals surface area contributed by atoms with Crippen LogP contribution in [0.25, 0.3) is 11.0 Å². The lowest BCUT2D eigenvalue weighted by atomic mass is 10.1. The van der Waals surface area contributed by atoms with E-state index in [1.54, 1.807) is 0 Å². The summed E-state index contributed by atoms with van der Waals surface area (Å²) in [5.74, 6) is 1.23. The molecule has 1 aromatic heterocycles. The summed E-state index contributed by atoms with van der Waals surface area (Å²) in [6.45, 7) is 3.66. The number of nitrogens with zero attached hydrogens (tertiary/aromatic N) is 3. The Labute approximate surface area is 166 Å². The Morgan fingerprint density at radius 2 is 1.66 bits per heavy atom. The van der Waals surface area contributed by atoms with Gasteiger partial charge in [0.2, 0.25) is 5.95 Å².